The Hall–Kier alpha value is -1.20. The third-order valence-electron chi connectivity index (χ3n) is 1.35. The van der Waals surface area contributed by atoms with Crippen molar-refractivity contribution in [3.05, 3.63) is 11.3 Å². The summed E-state index contributed by atoms with van der Waals surface area (Å²) in [6.45, 7) is 1.09. The van der Waals surface area contributed by atoms with E-state index in [1.54, 1.807) is 0 Å². The lowest BCUT2D eigenvalue weighted by Crippen LogP contribution is -2.32. The normalized spacial score (nSPS) is 13.6. The first-order chi connectivity index (χ1) is 5.78. The molecule has 0 aromatic carbocycles. The van der Waals surface area contributed by atoms with Gasteiger partial charge in [-0.15, -0.1) is 0 Å². The summed E-state index contributed by atoms with van der Waals surface area (Å²) in [5.74, 6) is -1.63. The van der Waals surface area contributed by atoms with E-state index in [2.05, 4.69) is 5.32 Å². The monoisotopic (exact) mass is 196 g/mol. The molecule has 0 radical (unpaired) electrons. The van der Waals surface area contributed by atoms with Crippen LogP contribution >= 0.6 is 0 Å². The second-order valence-corrected chi connectivity index (χ2v) is 2.48. The highest BCUT2D eigenvalue weighted by Crippen LogP contribution is 2.25. The Kier molecular flexibility index (Phi) is 3.77. The van der Waals surface area contributed by atoms with Gasteiger partial charge < -0.3 is 15.2 Å². The summed E-state index contributed by atoms with van der Waals surface area (Å²) in [6, 6.07) is 0. The minimum atomic E-state index is -4.40. The fraction of sp³-hybridized carbons (Fsp3) is 0.571. The Labute approximate surface area is 73.2 Å². The van der Waals surface area contributed by atoms with Crippen molar-refractivity contribution < 1.29 is 23.1 Å². The summed E-state index contributed by atoms with van der Waals surface area (Å²) in [5.41, 5.74) is -0.813. The van der Waals surface area contributed by atoms with Crippen molar-refractivity contribution in [2.75, 3.05) is 7.05 Å². The number of carbonyl (C=O) groups is 1. The molecule has 0 aliphatic carbocycles. The van der Waals surface area contributed by atoms with Gasteiger partial charge in [-0.2, -0.15) is 13.2 Å². The topological polar surface area (TPSA) is 52.2 Å². The minimum Gasteiger partial charge on any atom is -0.543 e. The third-order valence-corrected chi connectivity index (χ3v) is 1.35. The molecule has 0 aromatic rings. The second kappa shape index (κ2) is 4.15. The highest BCUT2D eigenvalue weighted by atomic mass is 19.4. The SMILES string of the molecule is CNC(C(=O)[O-])=C(C)CC(F)(F)F. The van der Waals surface area contributed by atoms with Crippen LogP contribution in [0.5, 0.6) is 0 Å². The van der Waals surface area contributed by atoms with Crippen molar-refractivity contribution in [3.8, 4) is 0 Å². The molecule has 0 unspecified atom stereocenters. The number of carboxylic acid groups (broad SMARTS) is 1. The van der Waals surface area contributed by atoms with Crippen molar-refractivity contribution in [2.24, 2.45) is 0 Å². The van der Waals surface area contributed by atoms with Gasteiger partial charge in [0.05, 0.1) is 18.1 Å². The zero-order valence-corrected chi connectivity index (χ0v) is 7.16. The average molecular weight is 196 g/mol. The average Bonchev–Trinajstić information content (AvgIpc) is 1.82. The summed E-state index contributed by atoms with van der Waals surface area (Å²) in [6.07, 6.45) is -5.65. The van der Waals surface area contributed by atoms with Crippen molar-refractivity contribution in [1.82, 2.24) is 5.32 Å². The largest absolute Gasteiger partial charge is 0.543 e. The molecule has 0 spiro atoms. The van der Waals surface area contributed by atoms with Gasteiger partial charge in [0.2, 0.25) is 0 Å². The van der Waals surface area contributed by atoms with Crippen LogP contribution in [-0.2, 0) is 4.79 Å². The number of alkyl halides is 3. The molecular formula is C7H9F3NO2-. The molecule has 0 fully saturated rings. The molecule has 0 aliphatic heterocycles. The van der Waals surface area contributed by atoms with Gasteiger partial charge in [0.1, 0.15) is 0 Å². The first-order valence-corrected chi connectivity index (χ1v) is 3.43. The third kappa shape index (κ3) is 4.39. The summed E-state index contributed by atoms with van der Waals surface area (Å²) >= 11 is 0. The zero-order valence-electron chi connectivity index (χ0n) is 7.16. The first kappa shape index (κ1) is 11.8. The fourth-order valence-electron chi connectivity index (χ4n) is 0.879. The van der Waals surface area contributed by atoms with Gasteiger partial charge >= 0.3 is 6.18 Å². The second-order valence-electron chi connectivity index (χ2n) is 2.48. The van der Waals surface area contributed by atoms with Gasteiger partial charge in [0, 0.05) is 7.05 Å². The lowest BCUT2D eigenvalue weighted by atomic mass is 10.1. The Balaban J connectivity index is 4.68. The number of nitrogens with one attached hydrogen (secondary N) is 1. The van der Waals surface area contributed by atoms with E-state index in [0.29, 0.717) is 0 Å². The first-order valence-electron chi connectivity index (χ1n) is 3.43. The molecule has 0 atom stereocenters. The standard InChI is InChI=1S/C7H10F3NO2/c1-4(3-7(8,9)10)5(11-2)6(12)13/h11H,3H2,1-2H3,(H,12,13)/p-1. The molecule has 1 N–H and O–H groups in total. The lowest BCUT2D eigenvalue weighted by molar-refractivity contribution is -0.299. The van der Waals surface area contributed by atoms with Gasteiger partial charge in [-0.25, -0.2) is 0 Å². The molecule has 0 heterocycles. The maximum Gasteiger partial charge on any atom is 0.392 e. The van der Waals surface area contributed by atoms with Gasteiger partial charge in [0.15, 0.2) is 0 Å². The van der Waals surface area contributed by atoms with Crippen LogP contribution in [0.1, 0.15) is 13.3 Å². The molecule has 76 valence electrons. The molecule has 0 saturated carbocycles. The van der Waals surface area contributed by atoms with E-state index in [1.165, 1.54) is 7.05 Å². The van der Waals surface area contributed by atoms with Gasteiger partial charge in [-0.05, 0) is 12.5 Å². The van der Waals surface area contributed by atoms with Crippen LogP contribution in [0.25, 0.3) is 0 Å². The van der Waals surface area contributed by atoms with Crippen LogP contribution in [0.4, 0.5) is 13.2 Å². The molecular weight excluding hydrogens is 187 g/mol. The van der Waals surface area contributed by atoms with E-state index in [1.807, 2.05) is 0 Å². The summed E-state index contributed by atoms with van der Waals surface area (Å²) in [7, 11) is 1.23. The molecule has 0 aromatic heterocycles. The van der Waals surface area contributed by atoms with Crippen LogP contribution in [0.2, 0.25) is 0 Å². The van der Waals surface area contributed by atoms with Crippen LogP contribution < -0.4 is 10.4 Å². The van der Waals surface area contributed by atoms with Gasteiger partial charge in [-0.1, -0.05) is 0 Å². The van der Waals surface area contributed by atoms with Crippen LogP contribution in [0.3, 0.4) is 0 Å². The molecule has 13 heavy (non-hydrogen) atoms. The number of hydrogen-bond donors (Lipinski definition) is 1. The summed E-state index contributed by atoms with van der Waals surface area (Å²) in [5, 5.41) is 12.4. The van der Waals surface area contributed by atoms with E-state index in [9.17, 15) is 23.1 Å². The quantitative estimate of drug-likeness (QED) is 0.655. The molecule has 0 saturated heterocycles. The van der Waals surface area contributed by atoms with Gasteiger partial charge in [0.25, 0.3) is 0 Å². The molecule has 0 bridgehead atoms. The van der Waals surface area contributed by atoms with Gasteiger partial charge in [-0.3, -0.25) is 0 Å². The molecule has 0 rings (SSSR count). The molecule has 6 heteroatoms. The highest BCUT2D eigenvalue weighted by Gasteiger charge is 2.28. The molecule has 3 nitrogen and oxygen atoms in total. The van der Waals surface area contributed by atoms with Crippen LogP contribution in [0, 0.1) is 0 Å². The van der Waals surface area contributed by atoms with E-state index < -0.39 is 24.3 Å². The van der Waals surface area contributed by atoms with E-state index in [4.69, 9.17) is 0 Å². The predicted molar refractivity (Wildman–Crippen MR) is 37.4 cm³/mol. The fourth-order valence-corrected chi connectivity index (χ4v) is 0.879. The van der Waals surface area contributed by atoms with E-state index in [0.717, 1.165) is 6.92 Å². The zero-order chi connectivity index (χ0) is 10.6. The van der Waals surface area contributed by atoms with Crippen molar-refractivity contribution >= 4 is 5.97 Å². The number of allylic oxidation sites excluding steroid dienone is 1. The Morgan fingerprint density at radius 1 is 1.46 bits per heavy atom. The lowest BCUT2D eigenvalue weighted by Gasteiger charge is -2.13. The maximum absolute atomic E-state index is 11.8. The smallest absolute Gasteiger partial charge is 0.392 e. The molecule has 0 aliphatic rings. The number of aliphatic carboxylic acids is 1. The van der Waals surface area contributed by atoms with Crippen molar-refractivity contribution in [2.45, 2.75) is 19.5 Å². The number of likely N-dealkylation sites (N-methyl/N-ethyl adjacent to an activating group) is 1. The summed E-state index contributed by atoms with van der Waals surface area (Å²) in [4.78, 5) is 10.3. The Bertz CT molecular complexity index is 232. The predicted octanol–water partition coefficient (Wildman–Crippen LogP) is 0.182. The number of hydrogen-bond acceptors (Lipinski definition) is 3. The highest BCUT2D eigenvalue weighted by molar-refractivity contribution is 5.84. The number of carbonyl (C=O) groups excluding carboxylic acids is 1. The Morgan fingerprint density at radius 2 is 1.92 bits per heavy atom. The van der Waals surface area contributed by atoms with Crippen LogP contribution in [-0.4, -0.2) is 19.2 Å². The maximum atomic E-state index is 11.8. The van der Waals surface area contributed by atoms with E-state index >= 15 is 0 Å². The Morgan fingerprint density at radius 3 is 2.15 bits per heavy atom. The number of rotatable bonds is 3. The number of carboxylic acids is 1. The van der Waals surface area contributed by atoms with Crippen molar-refractivity contribution in [1.29, 1.82) is 0 Å². The van der Waals surface area contributed by atoms with Crippen LogP contribution in [0.15, 0.2) is 11.3 Å². The summed E-state index contributed by atoms with van der Waals surface area (Å²) < 4.78 is 35.4. The molecule has 0 amide bonds. The minimum absolute atomic E-state index is 0.296. The number of halogens is 3. The van der Waals surface area contributed by atoms with E-state index in [-0.39, 0.29) is 5.57 Å². The van der Waals surface area contributed by atoms with Crippen molar-refractivity contribution in [3.63, 3.8) is 0 Å².